The van der Waals surface area contributed by atoms with E-state index in [0.29, 0.717) is 13.1 Å². The van der Waals surface area contributed by atoms with Crippen LogP contribution in [0.15, 0.2) is 46.3 Å². The molecule has 0 amide bonds. The van der Waals surface area contributed by atoms with E-state index in [0.717, 1.165) is 30.2 Å². The zero-order valence-electron chi connectivity index (χ0n) is 20.7. The maximum Gasteiger partial charge on any atom is 0.416 e. The minimum Gasteiger partial charge on any atom is -0.304 e. The van der Waals surface area contributed by atoms with Crippen molar-refractivity contribution in [1.29, 1.82) is 0 Å². The Balaban J connectivity index is 1.78. The largest absolute Gasteiger partial charge is 0.416 e. The van der Waals surface area contributed by atoms with Gasteiger partial charge >= 0.3 is 6.18 Å². The van der Waals surface area contributed by atoms with E-state index in [4.69, 9.17) is 11.6 Å². The van der Waals surface area contributed by atoms with Gasteiger partial charge < -0.3 is 4.90 Å². The Labute approximate surface area is 217 Å². The third kappa shape index (κ3) is 5.83. The maximum atomic E-state index is 14.0. The van der Waals surface area contributed by atoms with Crippen molar-refractivity contribution in [2.75, 3.05) is 50.7 Å². The van der Waals surface area contributed by atoms with E-state index in [1.165, 1.54) is 30.5 Å². The van der Waals surface area contributed by atoms with Crippen molar-refractivity contribution < 1.29 is 21.9 Å². The molecule has 1 aromatic heterocycles. The van der Waals surface area contributed by atoms with Crippen molar-refractivity contribution in [3.63, 3.8) is 0 Å². The molecule has 2 N–H and O–H groups in total. The second-order valence-electron chi connectivity index (χ2n) is 9.55. The minimum atomic E-state index is -4.67. The van der Waals surface area contributed by atoms with Crippen LogP contribution in [0.4, 0.5) is 18.9 Å². The average Bonchev–Trinajstić information content (AvgIpc) is 2.81. The van der Waals surface area contributed by atoms with Crippen LogP contribution in [0.3, 0.4) is 0 Å². The Bertz CT molecular complexity index is 1460. The topological polar surface area (TPSA) is 90.7 Å². The molecule has 37 heavy (non-hydrogen) atoms. The van der Waals surface area contributed by atoms with Crippen molar-refractivity contribution in [2.45, 2.75) is 24.5 Å². The van der Waals surface area contributed by atoms with Crippen LogP contribution in [0.25, 0.3) is 10.9 Å². The Kier molecular flexibility index (Phi) is 7.19. The van der Waals surface area contributed by atoms with Gasteiger partial charge in [-0.05, 0) is 49.9 Å². The standard InChI is InChI=1S/C24H29ClF3N5O3S/c1-4-37(3,35,36)22-6-5-17(25)12-21(22)30-33-15-29-20-11-16(14-32-9-7-31(2)8-10-32)19(24(26,27)28)13-18(20)23(33)34/h5-6,11-13,15,30H,4,7-10,14H2,1-3H3,(H,35,36). The van der Waals surface area contributed by atoms with E-state index < -0.39 is 26.6 Å². The summed E-state index contributed by atoms with van der Waals surface area (Å²) in [6, 6.07) is 6.35. The molecule has 0 spiro atoms. The van der Waals surface area contributed by atoms with E-state index in [1.54, 1.807) is 6.92 Å². The number of nitrogens with one attached hydrogen (secondary N) is 1. The first-order valence-electron chi connectivity index (χ1n) is 11.6. The molecule has 1 aliphatic rings. The third-order valence-electron chi connectivity index (χ3n) is 6.70. The number of benzene rings is 2. The highest BCUT2D eigenvalue weighted by atomic mass is 35.5. The van der Waals surface area contributed by atoms with Gasteiger partial charge in [0.1, 0.15) is 6.33 Å². The van der Waals surface area contributed by atoms with E-state index in [9.17, 15) is 26.7 Å². The van der Waals surface area contributed by atoms with Crippen LogP contribution in [-0.4, -0.2) is 73.5 Å². The van der Waals surface area contributed by atoms with Crippen molar-refractivity contribution >= 4 is 37.5 Å². The minimum absolute atomic E-state index is 0.0226. The van der Waals surface area contributed by atoms with Crippen molar-refractivity contribution in [2.24, 2.45) is 0 Å². The number of piperazine rings is 1. The number of aromatic nitrogens is 2. The fourth-order valence-corrected chi connectivity index (χ4v) is 5.83. The number of hydrogen-bond donors (Lipinski definition) is 2. The van der Waals surface area contributed by atoms with E-state index in [1.807, 2.05) is 11.9 Å². The number of likely N-dealkylation sites (N-methyl/N-ethyl adjacent to an activating group) is 1. The summed E-state index contributed by atoms with van der Waals surface area (Å²) in [6.07, 6.45) is -2.33. The van der Waals surface area contributed by atoms with Crippen LogP contribution in [0, 0.1) is 0 Å². The molecule has 1 aliphatic heterocycles. The number of halogens is 4. The molecule has 0 unspecified atom stereocenters. The number of hydrogen-bond acceptors (Lipinski definition) is 6. The van der Waals surface area contributed by atoms with Crippen LogP contribution in [0.2, 0.25) is 5.02 Å². The number of alkyl halides is 3. The maximum absolute atomic E-state index is 14.0. The number of fused-ring (bicyclic) bond motifs is 1. The summed E-state index contributed by atoms with van der Waals surface area (Å²) < 4.78 is 67.0. The molecule has 0 saturated carbocycles. The Morgan fingerprint density at radius 1 is 1.16 bits per heavy atom. The van der Waals surface area contributed by atoms with Crippen LogP contribution < -0.4 is 11.0 Å². The molecule has 13 heteroatoms. The molecule has 1 fully saturated rings. The number of anilines is 1. The lowest BCUT2D eigenvalue weighted by atomic mass is 10.0. The van der Waals surface area contributed by atoms with Gasteiger partial charge in [0.05, 0.1) is 27.0 Å². The lowest BCUT2D eigenvalue weighted by Gasteiger charge is -2.39. The van der Waals surface area contributed by atoms with E-state index in [-0.39, 0.29) is 44.4 Å². The monoisotopic (exact) mass is 559 g/mol. The average molecular weight is 560 g/mol. The summed E-state index contributed by atoms with van der Waals surface area (Å²) in [7, 11) is -2.32. The first-order chi connectivity index (χ1) is 17.2. The third-order valence-corrected chi connectivity index (χ3v) is 9.78. The fourth-order valence-electron chi connectivity index (χ4n) is 4.26. The Morgan fingerprint density at radius 2 is 1.84 bits per heavy atom. The number of nitrogens with zero attached hydrogens (tertiary/aromatic N) is 4. The summed E-state index contributed by atoms with van der Waals surface area (Å²) in [5.41, 5.74) is 1.28. The molecule has 2 heterocycles. The lowest BCUT2D eigenvalue weighted by Crippen LogP contribution is -2.44. The normalized spacial score (nSPS) is 17.0. The van der Waals surface area contributed by atoms with Gasteiger partial charge in [-0.2, -0.15) is 22.5 Å². The van der Waals surface area contributed by atoms with E-state index in [2.05, 4.69) is 15.3 Å². The van der Waals surface area contributed by atoms with Crippen molar-refractivity contribution in [3.05, 3.63) is 63.2 Å². The predicted octanol–water partition coefficient (Wildman–Crippen LogP) is 3.99. The smallest absolute Gasteiger partial charge is 0.304 e. The van der Waals surface area contributed by atoms with Gasteiger partial charge in [0.15, 0.2) is 0 Å². The molecular formula is C24H29ClF3N5O3S. The molecule has 4 rings (SSSR count). The number of rotatable bonds is 6. The summed E-state index contributed by atoms with van der Waals surface area (Å²) in [4.78, 5) is 21.6. The van der Waals surface area contributed by atoms with Gasteiger partial charge in [-0.1, -0.05) is 11.6 Å². The van der Waals surface area contributed by atoms with Gasteiger partial charge in [-0.25, -0.2) is 13.9 Å². The summed E-state index contributed by atoms with van der Waals surface area (Å²) in [5, 5.41) is 0.00171. The van der Waals surface area contributed by atoms with Crippen molar-refractivity contribution in [3.8, 4) is 0 Å². The quantitative estimate of drug-likeness (QED) is 0.472. The molecule has 202 valence electrons. The molecule has 0 bridgehead atoms. The molecule has 0 atom stereocenters. The molecule has 8 nitrogen and oxygen atoms in total. The molecule has 1 saturated heterocycles. The highest BCUT2D eigenvalue weighted by molar-refractivity contribution is 8.14. The van der Waals surface area contributed by atoms with Gasteiger partial charge in [-0.3, -0.25) is 19.7 Å². The van der Waals surface area contributed by atoms with Crippen LogP contribution >= 0.6 is 11.6 Å². The Hall–Kier alpha value is -2.51. The molecule has 0 radical (unpaired) electrons. The SMILES string of the molecule is CCS(C)(=O)(O)c1ccc(Cl)cc1Nn1cnc2cc(CN3CCN(C)CC3)c(C(F)(F)F)cc2c1=O. The van der Waals surface area contributed by atoms with Crippen LogP contribution in [0.5, 0.6) is 0 Å². The summed E-state index contributed by atoms with van der Waals surface area (Å²) in [5.74, 6) is -0.0938. The molecule has 0 aliphatic carbocycles. The zero-order chi connectivity index (χ0) is 27.2. The molecule has 2 aromatic carbocycles. The predicted molar refractivity (Wildman–Crippen MR) is 140 cm³/mol. The van der Waals surface area contributed by atoms with Gasteiger partial charge in [0, 0.05) is 49.8 Å². The highest BCUT2D eigenvalue weighted by Gasteiger charge is 2.35. The Morgan fingerprint density at radius 3 is 2.46 bits per heavy atom. The highest BCUT2D eigenvalue weighted by Crippen LogP contribution is 2.37. The molecule has 3 aromatic rings. The lowest BCUT2D eigenvalue weighted by molar-refractivity contribution is -0.138. The second-order valence-corrected chi connectivity index (χ2v) is 14.0. The first-order valence-corrected chi connectivity index (χ1v) is 14.5. The van der Waals surface area contributed by atoms with Crippen LogP contribution in [-0.2, 0) is 22.1 Å². The van der Waals surface area contributed by atoms with Gasteiger partial charge in [-0.15, -0.1) is 0 Å². The fraction of sp³-hybridized carbons (Fsp3) is 0.417. The van der Waals surface area contributed by atoms with Gasteiger partial charge in [0.2, 0.25) is 0 Å². The zero-order valence-corrected chi connectivity index (χ0v) is 22.3. The second kappa shape index (κ2) is 9.66. The van der Waals surface area contributed by atoms with Gasteiger partial charge in [0.25, 0.3) is 5.56 Å². The summed E-state index contributed by atoms with van der Waals surface area (Å²) in [6.45, 7) is 4.43. The van der Waals surface area contributed by atoms with Crippen LogP contribution in [0.1, 0.15) is 18.1 Å². The molecular weight excluding hydrogens is 531 g/mol. The van der Waals surface area contributed by atoms with E-state index >= 15 is 0 Å². The first kappa shape index (κ1) is 27.5. The van der Waals surface area contributed by atoms with Crippen molar-refractivity contribution in [1.82, 2.24) is 19.5 Å². The summed E-state index contributed by atoms with van der Waals surface area (Å²) >= 11 is 6.09.